The van der Waals surface area contributed by atoms with E-state index >= 15 is 0 Å². The van der Waals surface area contributed by atoms with Gasteiger partial charge in [-0.1, -0.05) is 36.4 Å². The van der Waals surface area contributed by atoms with Gasteiger partial charge in [-0.15, -0.1) is 0 Å². The van der Waals surface area contributed by atoms with Crippen LogP contribution in [-0.2, 0) is 11.2 Å². The Morgan fingerprint density at radius 1 is 0.893 bits per heavy atom. The molecule has 5 rings (SSSR count). The monoisotopic (exact) mass is 370 g/mol. The molecular formula is C22H14N2O4. The Morgan fingerprint density at radius 2 is 1.61 bits per heavy atom. The van der Waals surface area contributed by atoms with Crippen molar-refractivity contribution in [2.45, 2.75) is 6.42 Å². The van der Waals surface area contributed by atoms with Gasteiger partial charge in [-0.05, 0) is 30.3 Å². The third-order valence-electron chi connectivity index (χ3n) is 4.67. The van der Waals surface area contributed by atoms with Gasteiger partial charge in [-0.25, -0.2) is 5.10 Å². The predicted octanol–water partition coefficient (Wildman–Crippen LogP) is 3.97. The molecule has 0 aliphatic rings. The number of hydrogen-bond donors (Lipinski definition) is 1. The summed E-state index contributed by atoms with van der Waals surface area (Å²) in [6.07, 6.45) is -0.0541. The van der Waals surface area contributed by atoms with E-state index in [1.807, 2.05) is 24.3 Å². The lowest BCUT2D eigenvalue weighted by Crippen LogP contribution is -2.16. The number of ether oxygens (including phenoxy) is 1. The molecule has 6 heteroatoms. The van der Waals surface area contributed by atoms with Crippen LogP contribution in [0.25, 0.3) is 32.7 Å². The fourth-order valence-electron chi connectivity index (χ4n) is 3.38. The van der Waals surface area contributed by atoms with Crippen LogP contribution in [0.5, 0.6) is 5.75 Å². The summed E-state index contributed by atoms with van der Waals surface area (Å²) in [6.45, 7) is 0. The van der Waals surface area contributed by atoms with E-state index in [1.54, 1.807) is 42.5 Å². The molecule has 5 aromatic rings. The van der Waals surface area contributed by atoms with Crippen molar-refractivity contribution in [3.63, 3.8) is 0 Å². The number of hydrogen-bond acceptors (Lipinski definition) is 5. The summed E-state index contributed by atoms with van der Waals surface area (Å²) in [5, 5.41) is 9.42. The summed E-state index contributed by atoms with van der Waals surface area (Å²) < 4.78 is 11.3. The molecule has 28 heavy (non-hydrogen) atoms. The first-order chi connectivity index (χ1) is 13.7. The van der Waals surface area contributed by atoms with Crippen molar-refractivity contribution in [2.24, 2.45) is 0 Å². The minimum atomic E-state index is -0.461. The van der Waals surface area contributed by atoms with Crippen molar-refractivity contribution in [3.8, 4) is 5.75 Å². The van der Waals surface area contributed by atoms with Crippen LogP contribution in [0.2, 0.25) is 0 Å². The van der Waals surface area contributed by atoms with Gasteiger partial charge in [0.15, 0.2) is 0 Å². The van der Waals surface area contributed by atoms with Gasteiger partial charge in [-0.3, -0.25) is 9.59 Å². The number of fused-ring (bicyclic) bond motifs is 4. The quantitative estimate of drug-likeness (QED) is 0.384. The summed E-state index contributed by atoms with van der Waals surface area (Å²) in [5.41, 5.74) is 1.69. The maximum Gasteiger partial charge on any atom is 0.317 e. The third-order valence-corrected chi connectivity index (χ3v) is 4.67. The molecule has 0 aliphatic carbocycles. The standard InChI is InChI=1S/C22H14N2O4/c25-21(12-18-14-5-1-2-7-16(14)22(26)24-23-18)27-13-9-10-20-17(11-13)15-6-3-4-8-19(15)28-20/h1-11H,12H2,(H,24,26). The van der Waals surface area contributed by atoms with Gasteiger partial charge < -0.3 is 9.15 Å². The molecule has 2 heterocycles. The molecule has 0 spiro atoms. The first-order valence-corrected chi connectivity index (χ1v) is 8.77. The lowest BCUT2D eigenvalue weighted by molar-refractivity contribution is -0.133. The summed E-state index contributed by atoms with van der Waals surface area (Å²) in [4.78, 5) is 24.3. The Morgan fingerprint density at radius 3 is 2.46 bits per heavy atom. The predicted molar refractivity (Wildman–Crippen MR) is 105 cm³/mol. The van der Waals surface area contributed by atoms with Crippen LogP contribution in [0, 0.1) is 0 Å². The highest BCUT2D eigenvalue weighted by Gasteiger charge is 2.14. The fraction of sp³-hybridized carbons (Fsp3) is 0.0455. The highest BCUT2D eigenvalue weighted by molar-refractivity contribution is 6.05. The summed E-state index contributed by atoms with van der Waals surface area (Å²) in [6, 6.07) is 20.0. The van der Waals surface area contributed by atoms with Crippen LogP contribution in [-0.4, -0.2) is 16.2 Å². The van der Waals surface area contributed by atoms with E-state index in [2.05, 4.69) is 10.2 Å². The van der Waals surface area contributed by atoms with Gasteiger partial charge >= 0.3 is 5.97 Å². The number of carbonyl (C=O) groups excluding carboxylic acids is 1. The lowest BCUT2D eigenvalue weighted by Gasteiger charge is -2.06. The zero-order valence-corrected chi connectivity index (χ0v) is 14.6. The summed E-state index contributed by atoms with van der Waals surface area (Å²) in [5.74, 6) is -0.0327. The van der Waals surface area contributed by atoms with Crippen molar-refractivity contribution in [3.05, 3.63) is 82.8 Å². The molecule has 0 saturated heterocycles. The smallest absolute Gasteiger partial charge is 0.317 e. The first kappa shape index (κ1) is 16.3. The van der Waals surface area contributed by atoms with Crippen LogP contribution >= 0.6 is 0 Å². The number of benzene rings is 3. The molecule has 0 radical (unpaired) electrons. The van der Waals surface area contributed by atoms with E-state index in [1.165, 1.54) is 0 Å². The Bertz CT molecular complexity index is 1410. The summed E-state index contributed by atoms with van der Waals surface area (Å²) in [7, 11) is 0. The van der Waals surface area contributed by atoms with E-state index < -0.39 is 5.97 Å². The molecule has 0 fully saturated rings. The molecule has 0 amide bonds. The average molecular weight is 370 g/mol. The number of carbonyl (C=O) groups is 1. The SMILES string of the molecule is O=C(Cc1n[nH]c(=O)c2ccccc12)Oc1ccc2oc3ccccc3c2c1. The largest absolute Gasteiger partial charge is 0.456 e. The van der Waals surface area contributed by atoms with Crippen molar-refractivity contribution in [1.82, 2.24) is 10.2 Å². The normalized spacial score (nSPS) is 11.3. The Labute approximate surface area is 158 Å². The van der Waals surface area contributed by atoms with Crippen LogP contribution in [0.3, 0.4) is 0 Å². The minimum Gasteiger partial charge on any atom is -0.456 e. The lowest BCUT2D eigenvalue weighted by atomic mass is 10.1. The number of H-pyrrole nitrogens is 1. The number of nitrogens with one attached hydrogen (secondary N) is 1. The van der Waals surface area contributed by atoms with Gasteiger partial charge in [0.1, 0.15) is 16.9 Å². The molecule has 6 nitrogen and oxygen atoms in total. The van der Waals surface area contributed by atoms with Gasteiger partial charge in [0.2, 0.25) is 0 Å². The van der Waals surface area contributed by atoms with E-state index in [0.29, 0.717) is 22.2 Å². The Hall–Kier alpha value is -3.93. The molecule has 2 aromatic heterocycles. The Balaban J connectivity index is 1.45. The maximum absolute atomic E-state index is 12.5. The zero-order valence-electron chi connectivity index (χ0n) is 14.6. The van der Waals surface area contributed by atoms with Crippen molar-refractivity contribution in [1.29, 1.82) is 0 Å². The fourth-order valence-corrected chi connectivity index (χ4v) is 3.38. The first-order valence-electron chi connectivity index (χ1n) is 8.77. The molecule has 0 saturated carbocycles. The zero-order chi connectivity index (χ0) is 19.1. The molecule has 0 aliphatic heterocycles. The number of esters is 1. The van der Waals surface area contributed by atoms with Gasteiger partial charge in [0, 0.05) is 16.2 Å². The number of rotatable bonds is 3. The third kappa shape index (κ3) is 2.72. The Kier molecular flexibility index (Phi) is 3.69. The number of para-hydroxylation sites is 1. The average Bonchev–Trinajstić information content (AvgIpc) is 3.08. The second-order valence-electron chi connectivity index (χ2n) is 6.45. The maximum atomic E-state index is 12.5. The van der Waals surface area contributed by atoms with E-state index in [0.717, 1.165) is 21.9 Å². The van der Waals surface area contributed by atoms with Crippen LogP contribution in [0.15, 0.2) is 75.9 Å². The van der Waals surface area contributed by atoms with E-state index in [9.17, 15) is 9.59 Å². The number of furan rings is 1. The molecule has 3 aromatic carbocycles. The van der Waals surface area contributed by atoms with Crippen molar-refractivity contribution >= 4 is 38.7 Å². The van der Waals surface area contributed by atoms with E-state index in [4.69, 9.17) is 9.15 Å². The molecule has 1 N–H and O–H groups in total. The highest BCUT2D eigenvalue weighted by atomic mass is 16.5. The molecular weight excluding hydrogens is 356 g/mol. The van der Waals surface area contributed by atoms with Gasteiger partial charge in [0.05, 0.1) is 17.5 Å². The minimum absolute atomic E-state index is 0.0541. The number of nitrogens with zero attached hydrogens (tertiary/aromatic N) is 1. The number of aromatic amines is 1. The summed E-state index contributed by atoms with van der Waals surface area (Å²) >= 11 is 0. The highest BCUT2D eigenvalue weighted by Crippen LogP contribution is 2.31. The molecule has 0 unspecified atom stereocenters. The van der Waals surface area contributed by atoms with Crippen molar-refractivity contribution in [2.75, 3.05) is 0 Å². The molecule has 0 atom stereocenters. The van der Waals surface area contributed by atoms with Crippen LogP contribution in [0.1, 0.15) is 5.69 Å². The van der Waals surface area contributed by atoms with Crippen LogP contribution < -0.4 is 10.3 Å². The topological polar surface area (TPSA) is 85.2 Å². The van der Waals surface area contributed by atoms with E-state index in [-0.39, 0.29) is 12.0 Å². The van der Waals surface area contributed by atoms with Gasteiger partial charge in [0.25, 0.3) is 5.56 Å². The van der Waals surface area contributed by atoms with Crippen molar-refractivity contribution < 1.29 is 13.9 Å². The molecule has 136 valence electrons. The van der Waals surface area contributed by atoms with Crippen LogP contribution in [0.4, 0.5) is 0 Å². The second kappa shape index (κ2) is 6.35. The van der Waals surface area contributed by atoms with Gasteiger partial charge in [-0.2, -0.15) is 5.10 Å². The second-order valence-corrected chi connectivity index (χ2v) is 6.45. The number of aromatic nitrogens is 2. The molecule has 0 bridgehead atoms.